The Balaban J connectivity index is 2.36. The van der Waals surface area contributed by atoms with Crippen molar-refractivity contribution in [3.8, 4) is 11.5 Å². The summed E-state index contributed by atoms with van der Waals surface area (Å²) in [7, 11) is 3.08. The van der Waals surface area contributed by atoms with Crippen molar-refractivity contribution in [2.24, 2.45) is 0 Å². The predicted octanol–water partition coefficient (Wildman–Crippen LogP) is 3.00. The van der Waals surface area contributed by atoms with E-state index in [2.05, 4.69) is 0 Å². The van der Waals surface area contributed by atoms with Gasteiger partial charge < -0.3 is 14.2 Å². The number of carbonyl (C=O) groups is 3. The first kappa shape index (κ1) is 19.8. The largest absolute Gasteiger partial charge is 0.496 e. The van der Waals surface area contributed by atoms with Crippen LogP contribution in [0.1, 0.15) is 25.0 Å². The van der Waals surface area contributed by atoms with Gasteiger partial charge in [0.25, 0.3) is 11.1 Å². The second kappa shape index (κ2) is 8.27. The fraction of sp³-hybridized carbons (Fsp3) is 0.389. The third kappa shape index (κ3) is 3.70. The van der Waals surface area contributed by atoms with E-state index in [1.54, 1.807) is 32.2 Å². The Morgan fingerprint density at radius 3 is 2.54 bits per heavy atom. The van der Waals surface area contributed by atoms with Crippen molar-refractivity contribution in [2.75, 3.05) is 20.8 Å². The number of ether oxygens (including phenoxy) is 3. The highest BCUT2D eigenvalue weighted by molar-refractivity contribution is 8.18. The van der Waals surface area contributed by atoms with Crippen LogP contribution in [0.2, 0.25) is 0 Å². The van der Waals surface area contributed by atoms with Gasteiger partial charge in [-0.25, -0.2) is 4.79 Å². The zero-order chi connectivity index (χ0) is 19.4. The number of hydrogen-bond donors (Lipinski definition) is 0. The minimum absolute atomic E-state index is 0.178. The number of imide groups is 1. The maximum atomic E-state index is 12.6. The average Bonchev–Trinajstić information content (AvgIpc) is 2.88. The Hall–Kier alpha value is -2.48. The number of thioether (sulfide) groups is 1. The van der Waals surface area contributed by atoms with Gasteiger partial charge in [0.05, 0.1) is 25.7 Å². The zero-order valence-corrected chi connectivity index (χ0v) is 16.1. The van der Waals surface area contributed by atoms with Crippen molar-refractivity contribution in [3.63, 3.8) is 0 Å². The van der Waals surface area contributed by atoms with E-state index in [9.17, 15) is 14.4 Å². The van der Waals surface area contributed by atoms with Gasteiger partial charge in [-0.05, 0) is 50.7 Å². The van der Waals surface area contributed by atoms with Gasteiger partial charge in [-0.15, -0.1) is 0 Å². The molecule has 1 saturated heterocycles. The molecule has 1 aliphatic rings. The summed E-state index contributed by atoms with van der Waals surface area (Å²) in [5, 5.41) is -0.508. The van der Waals surface area contributed by atoms with Crippen LogP contribution in [0.5, 0.6) is 11.5 Å². The summed E-state index contributed by atoms with van der Waals surface area (Å²) < 4.78 is 15.6. The quantitative estimate of drug-likeness (QED) is 0.555. The molecule has 0 bridgehead atoms. The third-order valence-electron chi connectivity index (χ3n) is 3.94. The van der Waals surface area contributed by atoms with Crippen molar-refractivity contribution in [1.82, 2.24) is 4.90 Å². The van der Waals surface area contributed by atoms with Gasteiger partial charge >= 0.3 is 5.97 Å². The van der Waals surface area contributed by atoms with Crippen LogP contribution < -0.4 is 9.47 Å². The zero-order valence-electron chi connectivity index (χ0n) is 15.3. The molecule has 26 heavy (non-hydrogen) atoms. The van der Waals surface area contributed by atoms with Crippen molar-refractivity contribution in [2.45, 2.75) is 26.8 Å². The molecule has 0 unspecified atom stereocenters. The molecule has 0 aromatic heterocycles. The van der Waals surface area contributed by atoms with E-state index in [0.717, 1.165) is 22.2 Å². The average molecular weight is 379 g/mol. The van der Waals surface area contributed by atoms with Crippen LogP contribution in [-0.4, -0.2) is 48.9 Å². The first-order chi connectivity index (χ1) is 12.3. The Kier molecular flexibility index (Phi) is 6.31. The molecule has 1 heterocycles. The molecule has 1 atom stereocenters. The Morgan fingerprint density at radius 2 is 1.96 bits per heavy atom. The molecular formula is C18H21NO6S. The van der Waals surface area contributed by atoms with E-state index in [0.29, 0.717) is 17.1 Å². The Bertz CT molecular complexity index is 773. The summed E-state index contributed by atoms with van der Waals surface area (Å²) >= 11 is 0.779. The van der Waals surface area contributed by atoms with Crippen LogP contribution in [0.15, 0.2) is 17.0 Å². The smallest absolute Gasteiger partial charge is 0.329 e. The van der Waals surface area contributed by atoms with E-state index in [1.807, 2.05) is 6.92 Å². The summed E-state index contributed by atoms with van der Waals surface area (Å²) in [4.78, 5) is 37.8. The first-order valence-corrected chi connectivity index (χ1v) is 8.82. The lowest BCUT2D eigenvalue weighted by Crippen LogP contribution is -2.42. The van der Waals surface area contributed by atoms with Gasteiger partial charge in [0.2, 0.25) is 0 Å². The summed E-state index contributed by atoms with van der Waals surface area (Å²) in [6.07, 6.45) is 1.58. The van der Waals surface area contributed by atoms with Gasteiger partial charge in [-0.1, -0.05) is 0 Å². The number of esters is 1. The molecule has 1 aromatic carbocycles. The van der Waals surface area contributed by atoms with Crippen molar-refractivity contribution in [3.05, 3.63) is 28.2 Å². The minimum atomic E-state index is -0.979. The molecule has 140 valence electrons. The van der Waals surface area contributed by atoms with E-state index in [-0.39, 0.29) is 11.5 Å². The van der Waals surface area contributed by atoms with Gasteiger partial charge in [0, 0.05) is 11.1 Å². The maximum absolute atomic E-state index is 12.6. The molecule has 0 saturated carbocycles. The van der Waals surface area contributed by atoms with E-state index in [4.69, 9.17) is 14.2 Å². The van der Waals surface area contributed by atoms with E-state index < -0.39 is 23.2 Å². The molecule has 7 nitrogen and oxygen atoms in total. The molecule has 0 radical (unpaired) electrons. The highest BCUT2D eigenvalue weighted by Gasteiger charge is 2.41. The Labute approximate surface area is 156 Å². The summed E-state index contributed by atoms with van der Waals surface area (Å²) in [5.41, 5.74) is 1.42. The SMILES string of the molecule is CCOC(=O)[C@@H](C)N1C(=O)S/C(=C/c2ccc(OC)c(C)c2OC)C1=O. The monoisotopic (exact) mass is 379 g/mol. The molecular weight excluding hydrogens is 358 g/mol. The lowest BCUT2D eigenvalue weighted by Gasteiger charge is -2.19. The fourth-order valence-electron chi connectivity index (χ4n) is 2.62. The fourth-order valence-corrected chi connectivity index (χ4v) is 3.52. The number of rotatable bonds is 6. The standard InChI is InChI=1S/C18H21NO6S/c1-6-25-17(21)11(3)19-16(20)14(26-18(19)22)9-12-7-8-13(23-4)10(2)15(12)24-5/h7-9,11H,6H2,1-5H3/b14-9+/t11-/m1/s1. The lowest BCUT2D eigenvalue weighted by molar-refractivity contribution is -0.150. The molecule has 1 aromatic rings. The number of benzene rings is 1. The summed E-state index contributed by atoms with van der Waals surface area (Å²) in [6, 6.07) is 2.52. The second-order valence-corrected chi connectivity index (χ2v) is 6.49. The summed E-state index contributed by atoms with van der Waals surface area (Å²) in [5.74, 6) is 0.0580. The first-order valence-electron chi connectivity index (χ1n) is 8.00. The maximum Gasteiger partial charge on any atom is 0.329 e. The van der Waals surface area contributed by atoms with Crippen molar-refractivity contribution >= 4 is 35.0 Å². The van der Waals surface area contributed by atoms with Crippen molar-refractivity contribution in [1.29, 1.82) is 0 Å². The van der Waals surface area contributed by atoms with Crippen LogP contribution in [0.4, 0.5) is 4.79 Å². The summed E-state index contributed by atoms with van der Waals surface area (Å²) in [6.45, 7) is 5.15. The molecule has 2 rings (SSSR count). The van der Waals surface area contributed by atoms with Gasteiger partial charge in [-0.3, -0.25) is 14.5 Å². The van der Waals surface area contributed by atoms with E-state index >= 15 is 0 Å². The van der Waals surface area contributed by atoms with Crippen LogP contribution in [-0.2, 0) is 14.3 Å². The second-order valence-electron chi connectivity index (χ2n) is 5.50. The lowest BCUT2D eigenvalue weighted by atomic mass is 10.1. The molecule has 0 spiro atoms. The number of amides is 2. The number of nitrogens with zero attached hydrogens (tertiary/aromatic N) is 1. The van der Waals surface area contributed by atoms with Crippen LogP contribution in [0.25, 0.3) is 6.08 Å². The molecule has 2 amide bonds. The van der Waals surface area contributed by atoms with Crippen molar-refractivity contribution < 1.29 is 28.6 Å². The Morgan fingerprint density at radius 1 is 1.27 bits per heavy atom. The molecule has 8 heteroatoms. The molecule has 0 N–H and O–H groups in total. The van der Waals surface area contributed by atoms with Gasteiger partial charge in [0.1, 0.15) is 17.5 Å². The molecule has 0 aliphatic carbocycles. The molecule has 1 fully saturated rings. The van der Waals surface area contributed by atoms with Gasteiger partial charge in [0.15, 0.2) is 0 Å². The van der Waals surface area contributed by atoms with E-state index in [1.165, 1.54) is 14.0 Å². The predicted molar refractivity (Wildman–Crippen MR) is 98.2 cm³/mol. The third-order valence-corrected chi connectivity index (χ3v) is 4.82. The van der Waals surface area contributed by atoms with Crippen LogP contribution >= 0.6 is 11.8 Å². The highest BCUT2D eigenvalue weighted by atomic mass is 32.2. The topological polar surface area (TPSA) is 82.1 Å². The highest BCUT2D eigenvalue weighted by Crippen LogP contribution is 2.37. The van der Waals surface area contributed by atoms with Crippen LogP contribution in [0, 0.1) is 6.92 Å². The number of carbonyl (C=O) groups excluding carboxylic acids is 3. The number of methoxy groups -OCH3 is 2. The minimum Gasteiger partial charge on any atom is -0.496 e. The molecule has 1 aliphatic heterocycles. The normalized spacial score (nSPS) is 16.8. The number of hydrogen-bond acceptors (Lipinski definition) is 7. The van der Waals surface area contributed by atoms with Gasteiger partial charge in [-0.2, -0.15) is 0 Å². The van der Waals surface area contributed by atoms with Crippen LogP contribution in [0.3, 0.4) is 0 Å².